The molecule has 1 fully saturated rings. The van der Waals surface area contributed by atoms with Gasteiger partial charge in [-0.3, -0.25) is 4.79 Å². The molecule has 0 saturated carbocycles. The molecule has 1 N–H and O–H groups in total. The van der Waals surface area contributed by atoms with Crippen molar-refractivity contribution >= 4 is 11.9 Å². The first-order valence-corrected chi connectivity index (χ1v) is 7.59. The Hall–Kier alpha value is -1.84. The van der Waals surface area contributed by atoms with Crippen LogP contribution in [0.15, 0.2) is 24.3 Å². The van der Waals surface area contributed by atoms with Crippen LogP contribution in [0.5, 0.6) is 0 Å². The molecule has 0 unspecified atom stereocenters. The van der Waals surface area contributed by atoms with E-state index in [4.69, 9.17) is 5.11 Å². The van der Waals surface area contributed by atoms with Crippen LogP contribution in [-0.2, 0) is 11.2 Å². The number of carboxylic acid groups (broad SMARTS) is 1. The van der Waals surface area contributed by atoms with Gasteiger partial charge in [-0.1, -0.05) is 19.1 Å². The van der Waals surface area contributed by atoms with Crippen molar-refractivity contribution in [3.63, 3.8) is 0 Å². The minimum absolute atomic E-state index is 0.205. The topological polar surface area (TPSA) is 57.6 Å². The normalized spacial score (nSPS) is 22.1. The summed E-state index contributed by atoms with van der Waals surface area (Å²) in [6.07, 6.45) is 3.43. The summed E-state index contributed by atoms with van der Waals surface area (Å²) in [5.41, 5.74) is 1.29. The average Bonchev–Trinajstić information content (AvgIpc) is 2.47. The zero-order chi connectivity index (χ0) is 15.4. The molecule has 1 aromatic carbocycles. The third-order valence-electron chi connectivity index (χ3n) is 4.27. The van der Waals surface area contributed by atoms with E-state index in [1.165, 1.54) is 6.42 Å². The summed E-state index contributed by atoms with van der Waals surface area (Å²) >= 11 is 0. The van der Waals surface area contributed by atoms with Crippen LogP contribution in [0.2, 0.25) is 0 Å². The molecule has 0 bridgehead atoms. The first kappa shape index (κ1) is 15.5. The Labute approximate surface area is 125 Å². The fourth-order valence-corrected chi connectivity index (χ4v) is 2.85. The van der Waals surface area contributed by atoms with Crippen LogP contribution in [0, 0.1) is 5.92 Å². The number of carboxylic acids is 1. The van der Waals surface area contributed by atoms with Gasteiger partial charge in [0.2, 0.25) is 5.91 Å². The predicted octanol–water partition coefficient (Wildman–Crippen LogP) is 2.96. The Morgan fingerprint density at radius 1 is 1.19 bits per heavy atom. The Morgan fingerprint density at radius 2 is 1.86 bits per heavy atom. The van der Waals surface area contributed by atoms with Gasteiger partial charge in [-0.2, -0.15) is 0 Å². The fraction of sp³-hybridized carbons (Fsp3) is 0.529. The third-order valence-corrected chi connectivity index (χ3v) is 4.27. The third kappa shape index (κ3) is 4.06. The number of aromatic carboxylic acids is 1. The van der Waals surface area contributed by atoms with Crippen molar-refractivity contribution in [3.05, 3.63) is 35.4 Å². The molecule has 21 heavy (non-hydrogen) atoms. The molecule has 1 saturated heterocycles. The molecule has 114 valence electrons. The monoisotopic (exact) mass is 289 g/mol. The van der Waals surface area contributed by atoms with Crippen molar-refractivity contribution < 1.29 is 14.7 Å². The second kappa shape index (κ2) is 6.74. The van der Waals surface area contributed by atoms with Crippen molar-refractivity contribution in [3.8, 4) is 0 Å². The van der Waals surface area contributed by atoms with Crippen LogP contribution in [0.1, 0.15) is 49.0 Å². The smallest absolute Gasteiger partial charge is 0.335 e. The van der Waals surface area contributed by atoms with E-state index in [-0.39, 0.29) is 11.5 Å². The summed E-state index contributed by atoms with van der Waals surface area (Å²) in [4.78, 5) is 25.1. The highest BCUT2D eigenvalue weighted by atomic mass is 16.4. The predicted molar refractivity (Wildman–Crippen MR) is 81.3 cm³/mol. The Kier molecular flexibility index (Phi) is 4.99. The lowest BCUT2D eigenvalue weighted by Crippen LogP contribution is -2.45. The lowest BCUT2D eigenvalue weighted by molar-refractivity contribution is -0.135. The van der Waals surface area contributed by atoms with E-state index in [0.717, 1.165) is 18.5 Å². The number of carbonyl (C=O) groups is 2. The number of rotatable bonds is 4. The van der Waals surface area contributed by atoms with Crippen LogP contribution in [-0.4, -0.2) is 34.5 Å². The molecule has 1 amide bonds. The summed E-state index contributed by atoms with van der Waals surface area (Å²) in [5.74, 6) is -0.134. The number of carbonyl (C=O) groups excluding carboxylic acids is 1. The van der Waals surface area contributed by atoms with Crippen LogP contribution in [0.25, 0.3) is 0 Å². The molecule has 1 heterocycles. The van der Waals surface area contributed by atoms with Gasteiger partial charge in [0.15, 0.2) is 0 Å². The van der Waals surface area contributed by atoms with Crippen molar-refractivity contribution in [2.45, 2.75) is 45.6 Å². The van der Waals surface area contributed by atoms with Gasteiger partial charge < -0.3 is 10.0 Å². The van der Waals surface area contributed by atoms with Gasteiger partial charge in [0, 0.05) is 19.0 Å². The van der Waals surface area contributed by atoms with E-state index < -0.39 is 5.97 Å². The number of aryl methyl sites for hydroxylation is 1. The molecule has 0 radical (unpaired) electrons. The maximum absolute atomic E-state index is 12.3. The fourth-order valence-electron chi connectivity index (χ4n) is 2.85. The SMILES string of the molecule is C[C@H]1CC[C@H](C)N(C(=O)CCc2ccc(C(=O)O)cc2)C1. The molecule has 0 aliphatic carbocycles. The molecule has 0 spiro atoms. The van der Waals surface area contributed by atoms with Crippen molar-refractivity contribution in [1.29, 1.82) is 0 Å². The second-order valence-corrected chi connectivity index (χ2v) is 6.08. The first-order valence-electron chi connectivity index (χ1n) is 7.59. The maximum Gasteiger partial charge on any atom is 0.335 e. The largest absolute Gasteiger partial charge is 0.478 e. The molecular weight excluding hydrogens is 266 g/mol. The van der Waals surface area contributed by atoms with Gasteiger partial charge in [0.05, 0.1) is 5.56 Å². The molecule has 4 heteroatoms. The number of amides is 1. The summed E-state index contributed by atoms with van der Waals surface area (Å²) in [6, 6.07) is 7.10. The molecule has 4 nitrogen and oxygen atoms in total. The minimum Gasteiger partial charge on any atom is -0.478 e. The average molecular weight is 289 g/mol. The number of likely N-dealkylation sites (tertiary alicyclic amines) is 1. The second-order valence-electron chi connectivity index (χ2n) is 6.08. The van der Waals surface area contributed by atoms with Crippen LogP contribution in [0.4, 0.5) is 0 Å². The number of hydrogen-bond acceptors (Lipinski definition) is 2. The molecule has 2 rings (SSSR count). The van der Waals surface area contributed by atoms with Crippen LogP contribution >= 0.6 is 0 Å². The number of benzene rings is 1. The minimum atomic E-state index is -0.922. The van der Waals surface area contributed by atoms with Crippen molar-refractivity contribution in [2.75, 3.05) is 6.54 Å². The standard InChI is InChI=1S/C17H23NO3/c1-12-3-4-13(2)18(11-12)16(19)10-7-14-5-8-15(9-6-14)17(20)21/h5-6,8-9,12-13H,3-4,7,10-11H2,1-2H3,(H,20,21)/t12-,13-/m0/s1. The van der Waals surface area contributed by atoms with Gasteiger partial charge in [-0.25, -0.2) is 4.79 Å². The highest BCUT2D eigenvalue weighted by molar-refractivity contribution is 5.87. The Morgan fingerprint density at radius 3 is 2.48 bits per heavy atom. The van der Waals surface area contributed by atoms with E-state index in [1.807, 2.05) is 4.90 Å². The zero-order valence-corrected chi connectivity index (χ0v) is 12.7. The Balaban J connectivity index is 1.89. The number of hydrogen-bond donors (Lipinski definition) is 1. The number of nitrogens with zero attached hydrogens (tertiary/aromatic N) is 1. The molecule has 1 aliphatic heterocycles. The zero-order valence-electron chi connectivity index (χ0n) is 12.7. The summed E-state index contributed by atoms with van der Waals surface area (Å²) in [6.45, 7) is 5.17. The van der Waals surface area contributed by atoms with Crippen molar-refractivity contribution in [1.82, 2.24) is 4.90 Å². The highest BCUT2D eigenvalue weighted by Crippen LogP contribution is 2.22. The summed E-state index contributed by atoms with van der Waals surface area (Å²) < 4.78 is 0. The summed E-state index contributed by atoms with van der Waals surface area (Å²) in [5, 5.41) is 8.86. The highest BCUT2D eigenvalue weighted by Gasteiger charge is 2.26. The molecule has 2 atom stereocenters. The van der Waals surface area contributed by atoms with Gasteiger partial charge in [-0.05, 0) is 49.8 Å². The summed E-state index contributed by atoms with van der Waals surface area (Å²) in [7, 11) is 0. The van der Waals surface area contributed by atoms with Gasteiger partial charge >= 0.3 is 5.97 Å². The molecule has 1 aliphatic rings. The van der Waals surface area contributed by atoms with Gasteiger partial charge in [0.1, 0.15) is 0 Å². The molecular formula is C17H23NO3. The van der Waals surface area contributed by atoms with E-state index in [1.54, 1.807) is 24.3 Å². The van der Waals surface area contributed by atoms with E-state index in [2.05, 4.69) is 13.8 Å². The van der Waals surface area contributed by atoms with Crippen LogP contribution < -0.4 is 0 Å². The van der Waals surface area contributed by atoms with Crippen molar-refractivity contribution in [2.24, 2.45) is 5.92 Å². The lowest BCUT2D eigenvalue weighted by atomic mass is 9.94. The van der Waals surface area contributed by atoms with E-state index in [0.29, 0.717) is 24.8 Å². The maximum atomic E-state index is 12.3. The van der Waals surface area contributed by atoms with Crippen LogP contribution in [0.3, 0.4) is 0 Å². The van der Waals surface area contributed by atoms with Gasteiger partial charge in [-0.15, -0.1) is 0 Å². The quantitative estimate of drug-likeness (QED) is 0.927. The van der Waals surface area contributed by atoms with Gasteiger partial charge in [0.25, 0.3) is 0 Å². The first-order chi connectivity index (χ1) is 9.97. The molecule has 0 aromatic heterocycles. The van der Waals surface area contributed by atoms with E-state index >= 15 is 0 Å². The Bertz CT molecular complexity index is 509. The molecule has 1 aromatic rings. The number of piperidine rings is 1. The van der Waals surface area contributed by atoms with E-state index in [9.17, 15) is 9.59 Å². The lowest BCUT2D eigenvalue weighted by Gasteiger charge is -2.37.